The number of rotatable bonds is 8. The molecule has 2 aromatic carbocycles. The van der Waals surface area contributed by atoms with Gasteiger partial charge < -0.3 is 0 Å². The molecule has 2 aliphatic carbocycles. The molecule has 2 aromatic rings. The van der Waals surface area contributed by atoms with E-state index in [1.54, 1.807) is 44.5 Å². The van der Waals surface area contributed by atoms with E-state index in [0.717, 1.165) is 12.8 Å². The standard InChI is InChI=1S/2C13H15.C3H8Si.2CH3.Hf/c2*1-3-10-8-12-7-5-6-11(4-2)13(12)9-10;1-2-3-4;;;/h2*5-9H,3-4H2,1-2H3;4H,2-3H2,1H3;2*1H3;. The molecule has 0 N–H and O–H groups in total. The van der Waals surface area contributed by atoms with E-state index in [2.05, 4.69) is 92.5 Å². The molecule has 0 radical (unpaired) electrons. The first-order valence-electron chi connectivity index (χ1n) is 13.5. The van der Waals surface area contributed by atoms with Gasteiger partial charge in [0.1, 0.15) is 0 Å². The molecule has 0 saturated carbocycles. The zero-order valence-corrected chi connectivity index (χ0v) is 26.8. The third-order valence-corrected chi connectivity index (χ3v) is 51.5. The Kier molecular flexibility index (Phi) is 7.28. The van der Waals surface area contributed by atoms with Crippen molar-refractivity contribution >= 4 is 18.4 Å². The van der Waals surface area contributed by atoms with Crippen LogP contribution in [0.1, 0.15) is 94.6 Å². The first kappa shape index (κ1) is 25.1. The van der Waals surface area contributed by atoms with Gasteiger partial charge in [-0.1, -0.05) is 0 Å². The number of hydrogen-bond donors (Lipinski definition) is 0. The van der Waals surface area contributed by atoms with Crippen LogP contribution in [-0.4, -0.2) is 6.22 Å². The topological polar surface area (TPSA) is 0 Å². The Morgan fingerprint density at radius 3 is 1.48 bits per heavy atom. The Bertz CT molecular complexity index is 1100. The van der Waals surface area contributed by atoms with Crippen molar-refractivity contribution in [3.05, 3.63) is 80.9 Å². The number of allylic oxidation sites excluding steroid dienone is 2. The number of fused-ring (bicyclic) bond motifs is 2. The molecule has 0 amide bonds. The number of benzene rings is 2. The molecule has 33 heavy (non-hydrogen) atoms. The predicted molar refractivity (Wildman–Crippen MR) is 148 cm³/mol. The van der Waals surface area contributed by atoms with Gasteiger partial charge in [0.25, 0.3) is 0 Å². The van der Waals surface area contributed by atoms with Gasteiger partial charge in [-0.05, 0) is 0 Å². The van der Waals surface area contributed by atoms with Crippen LogP contribution in [0.5, 0.6) is 0 Å². The zero-order valence-electron chi connectivity index (χ0n) is 22.1. The fraction of sp³-hybridized carbons (Fsp3) is 0.484. The quantitative estimate of drug-likeness (QED) is 0.258. The Morgan fingerprint density at radius 2 is 1.12 bits per heavy atom. The van der Waals surface area contributed by atoms with Gasteiger partial charge >= 0.3 is 206 Å². The number of hydrogen-bond acceptors (Lipinski definition) is 0. The van der Waals surface area contributed by atoms with Gasteiger partial charge in [0.05, 0.1) is 0 Å². The molecule has 2 atom stereocenters. The van der Waals surface area contributed by atoms with Crippen molar-refractivity contribution in [3.63, 3.8) is 0 Å². The maximum atomic E-state index is 2.91. The molecule has 0 nitrogen and oxygen atoms in total. The molecule has 2 heteroatoms. The van der Waals surface area contributed by atoms with Crippen LogP contribution >= 0.6 is 0 Å². The van der Waals surface area contributed by atoms with E-state index in [-0.39, 0.29) is 0 Å². The summed E-state index contributed by atoms with van der Waals surface area (Å²) in [6.45, 7) is 11.9. The third-order valence-electron chi connectivity index (χ3n) is 8.96. The van der Waals surface area contributed by atoms with Crippen molar-refractivity contribution < 1.29 is 17.1 Å². The molecule has 0 bridgehead atoms. The fourth-order valence-electron chi connectivity index (χ4n) is 7.44. The van der Waals surface area contributed by atoms with Gasteiger partial charge in [-0.15, -0.1) is 0 Å². The predicted octanol–water partition coefficient (Wildman–Crippen LogP) is 9.17. The summed E-state index contributed by atoms with van der Waals surface area (Å²) in [7, 11) is 0. The monoisotopic (exact) mass is 624 g/mol. The first-order valence-corrected chi connectivity index (χ1v) is 32.5. The summed E-state index contributed by atoms with van der Waals surface area (Å²) >= 11 is -3.57. The molecule has 0 aliphatic heterocycles. The van der Waals surface area contributed by atoms with Gasteiger partial charge in [-0.25, -0.2) is 0 Å². The number of aryl methyl sites for hydroxylation is 2. The van der Waals surface area contributed by atoms with Crippen LogP contribution in [-0.2, 0) is 30.0 Å². The van der Waals surface area contributed by atoms with Gasteiger partial charge in [0.2, 0.25) is 0 Å². The summed E-state index contributed by atoms with van der Waals surface area (Å²) in [4.78, 5) is 0. The second kappa shape index (κ2) is 9.57. The molecule has 0 aromatic heterocycles. The summed E-state index contributed by atoms with van der Waals surface area (Å²) < 4.78 is 7.25. The van der Waals surface area contributed by atoms with Gasteiger partial charge in [-0.2, -0.15) is 0 Å². The second-order valence-electron chi connectivity index (χ2n) is 11.3. The maximum absolute atomic E-state index is 3.57. The summed E-state index contributed by atoms with van der Waals surface area (Å²) in [6, 6.07) is 15.9. The van der Waals surface area contributed by atoms with E-state index in [1.807, 2.05) is 0 Å². The minimum atomic E-state index is -3.57. The molecular formula is C31H44HfSi. The van der Waals surface area contributed by atoms with Crippen molar-refractivity contribution in [1.29, 1.82) is 0 Å². The fourth-order valence-corrected chi connectivity index (χ4v) is 54.1. The first-order chi connectivity index (χ1) is 15.8. The summed E-state index contributed by atoms with van der Waals surface area (Å²) in [5, 5.41) is 0. The average Bonchev–Trinajstić information content (AvgIpc) is 3.42. The second-order valence-corrected chi connectivity index (χ2v) is 55.4. The molecule has 2 aliphatic rings. The van der Waals surface area contributed by atoms with Crippen molar-refractivity contribution in [2.24, 2.45) is 0 Å². The molecule has 176 valence electrons. The van der Waals surface area contributed by atoms with E-state index in [0.29, 0.717) is 13.6 Å². The van der Waals surface area contributed by atoms with E-state index >= 15 is 0 Å². The van der Waals surface area contributed by atoms with Crippen LogP contribution in [0.3, 0.4) is 0 Å². The molecule has 0 saturated heterocycles. The van der Waals surface area contributed by atoms with Gasteiger partial charge in [0, 0.05) is 0 Å². The molecule has 0 spiro atoms. The van der Waals surface area contributed by atoms with Crippen molar-refractivity contribution in [2.75, 3.05) is 0 Å². The van der Waals surface area contributed by atoms with Crippen LogP contribution in [0.4, 0.5) is 0 Å². The van der Waals surface area contributed by atoms with Crippen molar-refractivity contribution in [3.8, 4) is 0 Å². The Labute approximate surface area is 204 Å². The SMILES string of the molecule is CCC[SiH]=[Hf]([CH3])([CH3])([CH]1C(CC)=Cc2c(CC)cccc21)[CH]1C(CC)=Cc2c(CC)cccc21. The molecule has 2 unspecified atom stereocenters. The minimum absolute atomic E-state index is 0.472. The van der Waals surface area contributed by atoms with Crippen molar-refractivity contribution in [2.45, 2.75) is 89.5 Å². The van der Waals surface area contributed by atoms with Crippen LogP contribution in [0.25, 0.3) is 12.2 Å². The van der Waals surface area contributed by atoms with Crippen LogP contribution in [0.15, 0.2) is 47.5 Å². The van der Waals surface area contributed by atoms with E-state index in [9.17, 15) is 0 Å². The van der Waals surface area contributed by atoms with Gasteiger partial charge in [0.15, 0.2) is 0 Å². The molecule has 0 heterocycles. The van der Waals surface area contributed by atoms with E-state index in [4.69, 9.17) is 0 Å². The normalized spacial score (nSPS) is 19.8. The van der Waals surface area contributed by atoms with E-state index < -0.39 is 17.1 Å². The third kappa shape index (κ3) is 3.98. The van der Waals surface area contributed by atoms with E-state index in [1.165, 1.54) is 25.3 Å². The molecular weight excluding hydrogens is 579 g/mol. The van der Waals surface area contributed by atoms with Crippen molar-refractivity contribution in [1.82, 2.24) is 0 Å². The summed E-state index contributed by atoms with van der Waals surface area (Å²) in [5.41, 5.74) is 13.2. The Hall–Kier alpha value is -0.993. The Morgan fingerprint density at radius 1 is 0.667 bits per heavy atom. The molecule has 4 rings (SSSR count). The Balaban J connectivity index is 2.04. The van der Waals surface area contributed by atoms with Crippen LogP contribution < -0.4 is 0 Å². The summed E-state index contributed by atoms with van der Waals surface area (Å²) in [5.74, 6) is 0. The van der Waals surface area contributed by atoms with Gasteiger partial charge in [-0.3, -0.25) is 0 Å². The van der Waals surface area contributed by atoms with Crippen LogP contribution in [0, 0.1) is 0 Å². The average molecular weight is 623 g/mol. The zero-order chi connectivity index (χ0) is 23.8. The summed E-state index contributed by atoms with van der Waals surface area (Å²) in [6.07, 6.45) is 11.8. The van der Waals surface area contributed by atoms with Crippen LogP contribution in [0.2, 0.25) is 15.4 Å². The molecule has 0 fully saturated rings.